The van der Waals surface area contributed by atoms with Crippen LogP contribution in [0.5, 0.6) is 0 Å². The van der Waals surface area contributed by atoms with Crippen LogP contribution in [0.3, 0.4) is 0 Å². The molecular weight excluding hydrogens is 646 g/mol. The van der Waals surface area contributed by atoms with Crippen LogP contribution in [0, 0.1) is 23.7 Å². The number of nitrogens with zero attached hydrogens (tertiary/aromatic N) is 3. The van der Waals surface area contributed by atoms with Gasteiger partial charge in [-0.15, -0.1) is 0 Å². The fourth-order valence-corrected chi connectivity index (χ4v) is 7.77. The molecule has 2 rings (SSSR count). The lowest BCUT2D eigenvalue weighted by Gasteiger charge is -2.41. The van der Waals surface area contributed by atoms with Gasteiger partial charge in [-0.3, -0.25) is 14.4 Å². The topological polar surface area (TPSA) is 124 Å². The van der Waals surface area contributed by atoms with Crippen LogP contribution >= 0.6 is 0 Å². The Morgan fingerprint density at radius 1 is 0.961 bits per heavy atom. The second-order valence-electron chi connectivity index (χ2n) is 15.6. The highest BCUT2D eigenvalue weighted by atomic mass is 16.5. The van der Waals surface area contributed by atoms with Crippen LogP contribution in [0.4, 0.5) is 0 Å². The Hall–Kier alpha value is -2.57. The summed E-state index contributed by atoms with van der Waals surface area (Å²) in [5.41, 5.74) is 0.727. The van der Waals surface area contributed by atoms with E-state index in [9.17, 15) is 19.5 Å². The largest absolute Gasteiger partial charge is 0.386 e. The van der Waals surface area contributed by atoms with E-state index in [1.165, 1.54) is 0 Å². The normalized spacial score (nSPS) is 20.4. The number of hydrogen-bond acceptors (Lipinski definition) is 8. The molecule has 1 aliphatic rings. The monoisotopic (exact) mass is 718 g/mol. The van der Waals surface area contributed by atoms with E-state index in [2.05, 4.69) is 71.2 Å². The van der Waals surface area contributed by atoms with Gasteiger partial charge in [-0.1, -0.05) is 85.2 Å². The van der Waals surface area contributed by atoms with Crippen LogP contribution in [0.25, 0.3) is 0 Å². The fourth-order valence-electron chi connectivity index (χ4n) is 7.77. The van der Waals surface area contributed by atoms with Crippen LogP contribution in [-0.2, 0) is 23.9 Å². The van der Waals surface area contributed by atoms with Crippen molar-refractivity contribution in [3.63, 3.8) is 0 Å². The number of aliphatic hydroxyl groups excluding tert-OH is 1. The number of nitrogens with one attached hydrogen (secondary N) is 2. The van der Waals surface area contributed by atoms with Crippen molar-refractivity contribution in [2.45, 2.75) is 130 Å². The Kier molecular flexibility index (Phi) is 18.5. The average molecular weight is 718 g/mol. The molecule has 0 aromatic heterocycles. The highest BCUT2D eigenvalue weighted by Crippen LogP contribution is 2.30. The van der Waals surface area contributed by atoms with Gasteiger partial charge in [-0.05, 0) is 57.2 Å². The first-order valence-electron chi connectivity index (χ1n) is 19.1. The third-order valence-corrected chi connectivity index (χ3v) is 11.2. The Balaban J connectivity index is 2.22. The van der Waals surface area contributed by atoms with Crippen molar-refractivity contribution < 1.29 is 29.0 Å². The Morgan fingerprint density at radius 3 is 2.10 bits per heavy atom. The molecule has 2 unspecified atom stereocenters. The van der Waals surface area contributed by atoms with Crippen LogP contribution in [0.2, 0.25) is 0 Å². The maximum atomic E-state index is 14.2. The number of ether oxygens (including phenoxy) is 2. The summed E-state index contributed by atoms with van der Waals surface area (Å²) in [4.78, 5) is 47.7. The number of rotatable bonds is 21. The number of likely N-dealkylation sites (tertiary alicyclic amines) is 1. The number of hydrogen-bond donors (Lipinski definition) is 3. The Morgan fingerprint density at radius 2 is 1.59 bits per heavy atom. The highest BCUT2D eigenvalue weighted by molar-refractivity contribution is 5.83. The van der Waals surface area contributed by atoms with E-state index in [0.29, 0.717) is 25.4 Å². The first kappa shape index (κ1) is 44.6. The summed E-state index contributed by atoms with van der Waals surface area (Å²) in [5.74, 6) is -0.333. The van der Waals surface area contributed by atoms with Gasteiger partial charge in [0.15, 0.2) is 0 Å². The van der Waals surface area contributed by atoms with Gasteiger partial charge in [0.25, 0.3) is 0 Å². The molecule has 1 aliphatic heterocycles. The summed E-state index contributed by atoms with van der Waals surface area (Å²) in [7, 11) is 9.17. The standard InChI is InChI=1S/C40H71N5O6/c1-14-27(6)36(44(11)40(49)35(26(4)5)41-24-32(25(2)3)43(9)10)33(50-12)23-34(46)45-22-18-21-31(45)38(51-13)28(7)39(48)42-29(8)37(47)30-19-16-15-17-20-30/h15-17,19-20,25-29,31-33,35-38,41,47H,14,18,21-24H2,1-13H3,(H,42,48)/t27-,28+,29+,31-,32?,33+,35-,36?,37+,38+/m0/s1. The third kappa shape index (κ3) is 12.0. The number of likely N-dealkylation sites (N-methyl/N-ethyl adjacent to an activating group) is 2. The number of methoxy groups -OCH3 is 2. The summed E-state index contributed by atoms with van der Waals surface area (Å²) in [6.45, 7) is 17.5. The van der Waals surface area contributed by atoms with Crippen LogP contribution in [0.1, 0.15) is 92.7 Å². The first-order valence-corrected chi connectivity index (χ1v) is 19.1. The minimum atomic E-state index is -0.857. The molecule has 1 fully saturated rings. The van der Waals surface area contributed by atoms with Crippen molar-refractivity contribution >= 4 is 17.7 Å². The molecular formula is C40H71N5O6. The SMILES string of the molecule is CC[C@H](C)C([C@@H](CC(=O)N1CCC[C@H]1[C@H](OC)[C@@H](C)C(=O)N[C@H](C)[C@@H](O)c1ccccc1)OC)N(C)C(=O)[C@@H](NCC(C(C)C)N(C)C)C(C)C. The minimum absolute atomic E-state index is 0.00370. The second kappa shape index (κ2) is 21.2. The van der Waals surface area contributed by atoms with Gasteiger partial charge in [-0.25, -0.2) is 0 Å². The average Bonchev–Trinajstić information content (AvgIpc) is 3.58. The van der Waals surface area contributed by atoms with E-state index in [4.69, 9.17) is 9.47 Å². The number of benzene rings is 1. The molecule has 11 heteroatoms. The fraction of sp³-hybridized carbons (Fsp3) is 0.775. The molecule has 3 amide bonds. The summed E-state index contributed by atoms with van der Waals surface area (Å²) in [6, 6.07) is 8.01. The minimum Gasteiger partial charge on any atom is -0.386 e. The molecule has 11 nitrogen and oxygen atoms in total. The lowest BCUT2D eigenvalue weighted by Crippen LogP contribution is -2.58. The summed E-state index contributed by atoms with van der Waals surface area (Å²) in [5, 5.41) is 17.4. The second-order valence-corrected chi connectivity index (χ2v) is 15.6. The molecule has 1 heterocycles. The number of carbonyl (C=O) groups is 3. The van der Waals surface area contributed by atoms with Gasteiger partial charge in [0.1, 0.15) is 0 Å². The molecule has 0 saturated carbocycles. The van der Waals surface area contributed by atoms with Gasteiger partial charge in [0.05, 0.1) is 54.8 Å². The summed E-state index contributed by atoms with van der Waals surface area (Å²) < 4.78 is 12.0. The predicted octanol–water partition coefficient (Wildman–Crippen LogP) is 4.35. The molecule has 1 aromatic carbocycles. The van der Waals surface area contributed by atoms with Crippen molar-refractivity contribution in [1.29, 1.82) is 0 Å². The van der Waals surface area contributed by atoms with E-state index < -0.39 is 30.3 Å². The molecule has 51 heavy (non-hydrogen) atoms. The molecule has 3 N–H and O–H groups in total. The number of amides is 3. The predicted molar refractivity (Wildman–Crippen MR) is 204 cm³/mol. The van der Waals surface area contributed by atoms with E-state index in [1.807, 2.05) is 54.1 Å². The number of aliphatic hydroxyl groups is 1. The van der Waals surface area contributed by atoms with Gasteiger partial charge in [0.2, 0.25) is 17.7 Å². The van der Waals surface area contributed by atoms with E-state index >= 15 is 0 Å². The van der Waals surface area contributed by atoms with Gasteiger partial charge in [0, 0.05) is 40.4 Å². The van der Waals surface area contributed by atoms with Gasteiger partial charge >= 0.3 is 0 Å². The van der Waals surface area contributed by atoms with Crippen LogP contribution < -0.4 is 10.6 Å². The lowest BCUT2D eigenvalue weighted by atomic mass is 9.89. The molecule has 1 saturated heterocycles. The molecule has 0 spiro atoms. The highest BCUT2D eigenvalue weighted by Gasteiger charge is 2.43. The van der Waals surface area contributed by atoms with Crippen molar-refractivity contribution in [2.75, 3.05) is 48.5 Å². The van der Waals surface area contributed by atoms with Crippen molar-refractivity contribution in [2.24, 2.45) is 23.7 Å². The summed E-state index contributed by atoms with van der Waals surface area (Å²) in [6.07, 6.45) is 0.501. The van der Waals surface area contributed by atoms with E-state index in [-0.39, 0.29) is 60.1 Å². The van der Waals surface area contributed by atoms with Crippen LogP contribution in [-0.4, -0.2) is 128 Å². The quantitative estimate of drug-likeness (QED) is 0.172. The molecule has 0 bridgehead atoms. The smallest absolute Gasteiger partial charge is 0.240 e. The maximum Gasteiger partial charge on any atom is 0.240 e. The zero-order valence-corrected chi connectivity index (χ0v) is 33.9. The Labute approximate surface area is 309 Å². The van der Waals surface area contributed by atoms with Crippen molar-refractivity contribution in [3.05, 3.63) is 35.9 Å². The zero-order valence-electron chi connectivity index (χ0n) is 33.9. The van der Waals surface area contributed by atoms with Crippen LogP contribution in [0.15, 0.2) is 30.3 Å². The summed E-state index contributed by atoms with van der Waals surface area (Å²) >= 11 is 0. The van der Waals surface area contributed by atoms with Gasteiger partial charge < -0.3 is 39.9 Å². The van der Waals surface area contributed by atoms with E-state index in [0.717, 1.165) is 18.4 Å². The first-order chi connectivity index (χ1) is 24.0. The molecule has 292 valence electrons. The number of carbonyl (C=O) groups excluding carboxylic acids is 3. The lowest BCUT2D eigenvalue weighted by molar-refractivity contribution is -0.147. The Bertz CT molecular complexity index is 1190. The van der Waals surface area contributed by atoms with Gasteiger partial charge in [-0.2, -0.15) is 0 Å². The molecule has 0 radical (unpaired) electrons. The maximum absolute atomic E-state index is 14.2. The van der Waals surface area contributed by atoms with Crippen molar-refractivity contribution in [1.82, 2.24) is 25.3 Å². The van der Waals surface area contributed by atoms with E-state index in [1.54, 1.807) is 21.1 Å². The molecule has 0 aliphatic carbocycles. The third-order valence-electron chi connectivity index (χ3n) is 11.2. The molecule has 1 aromatic rings. The molecule has 10 atom stereocenters. The van der Waals surface area contributed by atoms with Crippen molar-refractivity contribution in [3.8, 4) is 0 Å². The zero-order chi connectivity index (χ0) is 38.6.